The predicted octanol–water partition coefficient (Wildman–Crippen LogP) is 4.57. The van der Waals surface area contributed by atoms with Crippen molar-refractivity contribution < 1.29 is 27.4 Å². The molecule has 1 amide bonds. The van der Waals surface area contributed by atoms with E-state index in [0.717, 1.165) is 17.5 Å². The average Bonchev–Trinajstić information content (AvgIpc) is 2.60. The van der Waals surface area contributed by atoms with Crippen LogP contribution in [0.2, 0.25) is 5.02 Å². The Bertz CT molecular complexity index is 782. The quantitative estimate of drug-likeness (QED) is 0.737. The van der Waals surface area contributed by atoms with Crippen LogP contribution in [0.15, 0.2) is 36.5 Å². The molecule has 0 saturated carbocycles. The standard InChI is InChI=1S/C18H18ClF3N2O3/c1-3-26-14-6-4-12(5-7-14)11(2)24-16(25)13-8-15(19)17(23-9-13)27-10-18(20,21)22/h4-9,11H,3,10H2,1-2H3,(H,24,25). The fraction of sp³-hybridized carbons (Fsp3) is 0.333. The molecule has 0 bridgehead atoms. The molecule has 0 spiro atoms. The summed E-state index contributed by atoms with van der Waals surface area (Å²) < 4.78 is 46.4. The topological polar surface area (TPSA) is 60.5 Å². The summed E-state index contributed by atoms with van der Waals surface area (Å²) in [5.41, 5.74) is 0.966. The first-order valence-electron chi connectivity index (χ1n) is 8.08. The number of ether oxygens (including phenoxy) is 2. The summed E-state index contributed by atoms with van der Waals surface area (Å²) in [5.74, 6) is -0.122. The Kier molecular flexibility index (Phi) is 6.90. The van der Waals surface area contributed by atoms with Crippen molar-refractivity contribution in [2.24, 2.45) is 0 Å². The minimum absolute atomic E-state index is 0.108. The zero-order chi connectivity index (χ0) is 20.0. The number of nitrogens with one attached hydrogen (secondary N) is 1. The van der Waals surface area contributed by atoms with Crippen molar-refractivity contribution in [1.82, 2.24) is 10.3 Å². The van der Waals surface area contributed by atoms with E-state index in [1.807, 2.05) is 19.1 Å². The van der Waals surface area contributed by atoms with Crippen molar-refractivity contribution >= 4 is 17.5 Å². The van der Waals surface area contributed by atoms with E-state index in [1.165, 1.54) is 6.07 Å². The van der Waals surface area contributed by atoms with E-state index in [-0.39, 0.29) is 22.5 Å². The van der Waals surface area contributed by atoms with Gasteiger partial charge in [-0.2, -0.15) is 13.2 Å². The van der Waals surface area contributed by atoms with Gasteiger partial charge in [-0.15, -0.1) is 0 Å². The number of alkyl halides is 3. The summed E-state index contributed by atoms with van der Waals surface area (Å²) in [7, 11) is 0. The van der Waals surface area contributed by atoms with Crippen LogP contribution >= 0.6 is 11.6 Å². The molecule has 0 aliphatic carbocycles. The van der Waals surface area contributed by atoms with Crippen molar-refractivity contribution in [2.75, 3.05) is 13.2 Å². The molecule has 9 heteroatoms. The molecule has 1 N–H and O–H groups in total. The number of aromatic nitrogens is 1. The van der Waals surface area contributed by atoms with E-state index < -0.39 is 18.7 Å². The number of rotatable bonds is 7. The van der Waals surface area contributed by atoms with Crippen molar-refractivity contribution in [3.63, 3.8) is 0 Å². The zero-order valence-corrected chi connectivity index (χ0v) is 15.4. The summed E-state index contributed by atoms with van der Waals surface area (Å²) >= 11 is 5.85. The first-order valence-corrected chi connectivity index (χ1v) is 8.46. The largest absolute Gasteiger partial charge is 0.494 e. The van der Waals surface area contributed by atoms with Crippen molar-refractivity contribution in [3.8, 4) is 11.6 Å². The molecule has 27 heavy (non-hydrogen) atoms. The fourth-order valence-electron chi connectivity index (χ4n) is 2.19. The number of hydrogen-bond acceptors (Lipinski definition) is 4. The molecule has 5 nitrogen and oxygen atoms in total. The predicted molar refractivity (Wildman–Crippen MR) is 94.3 cm³/mol. The molecule has 1 unspecified atom stereocenters. The Morgan fingerprint density at radius 1 is 1.26 bits per heavy atom. The number of pyridine rings is 1. The van der Waals surface area contributed by atoms with Gasteiger partial charge in [-0.1, -0.05) is 23.7 Å². The second-order valence-electron chi connectivity index (χ2n) is 5.61. The summed E-state index contributed by atoms with van der Waals surface area (Å²) in [6.07, 6.45) is -3.40. The fourth-order valence-corrected chi connectivity index (χ4v) is 2.41. The SMILES string of the molecule is CCOc1ccc(C(C)NC(=O)c2cnc(OCC(F)(F)F)c(Cl)c2)cc1. The van der Waals surface area contributed by atoms with Crippen LogP contribution in [0.4, 0.5) is 13.2 Å². The highest BCUT2D eigenvalue weighted by Crippen LogP contribution is 2.25. The smallest absolute Gasteiger partial charge is 0.422 e. The Balaban J connectivity index is 2.01. The molecule has 2 aromatic rings. The molecule has 1 aromatic carbocycles. The maximum absolute atomic E-state index is 12.3. The van der Waals surface area contributed by atoms with Crippen LogP contribution in [-0.4, -0.2) is 30.3 Å². The van der Waals surface area contributed by atoms with Gasteiger partial charge < -0.3 is 14.8 Å². The summed E-state index contributed by atoms with van der Waals surface area (Å²) in [4.78, 5) is 16.0. The third-order valence-corrected chi connectivity index (χ3v) is 3.75. The molecule has 146 valence electrons. The molecule has 0 aliphatic heterocycles. The van der Waals surface area contributed by atoms with Gasteiger partial charge in [0.2, 0.25) is 5.88 Å². The van der Waals surface area contributed by atoms with Gasteiger partial charge in [0.1, 0.15) is 10.8 Å². The van der Waals surface area contributed by atoms with Gasteiger partial charge in [-0.25, -0.2) is 4.98 Å². The lowest BCUT2D eigenvalue weighted by atomic mass is 10.1. The van der Waals surface area contributed by atoms with Crippen LogP contribution in [0.25, 0.3) is 0 Å². The van der Waals surface area contributed by atoms with Crippen molar-refractivity contribution in [3.05, 3.63) is 52.7 Å². The molecule has 1 aromatic heterocycles. The second kappa shape index (κ2) is 8.94. The minimum Gasteiger partial charge on any atom is -0.494 e. The molecular formula is C18H18ClF3N2O3. The Morgan fingerprint density at radius 2 is 1.93 bits per heavy atom. The molecule has 0 radical (unpaired) electrons. The Morgan fingerprint density at radius 3 is 2.48 bits per heavy atom. The van der Waals surface area contributed by atoms with E-state index in [9.17, 15) is 18.0 Å². The third-order valence-electron chi connectivity index (χ3n) is 3.48. The molecule has 1 atom stereocenters. The van der Waals surface area contributed by atoms with Gasteiger partial charge >= 0.3 is 6.18 Å². The molecule has 1 heterocycles. The average molecular weight is 403 g/mol. The van der Waals surface area contributed by atoms with E-state index in [2.05, 4.69) is 15.0 Å². The van der Waals surface area contributed by atoms with Crippen LogP contribution in [0.3, 0.4) is 0 Å². The highest BCUT2D eigenvalue weighted by atomic mass is 35.5. The molecule has 0 aliphatic rings. The maximum Gasteiger partial charge on any atom is 0.422 e. The lowest BCUT2D eigenvalue weighted by Gasteiger charge is -2.15. The Labute approximate surface area is 159 Å². The van der Waals surface area contributed by atoms with E-state index in [4.69, 9.17) is 16.3 Å². The molecule has 2 rings (SSSR count). The highest BCUT2D eigenvalue weighted by Gasteiger charge is 2.29. The van der Waals surface area contributed by atoms with E-state index in [1.54, 1.807) is 19.1 Å². The number of benzene rings is 1. The number of carbonyl (C=O) groups is 1. The number of carbonyl (C=O) groups excluding carboxylic acids is 1. The van der Waals surface area contributed by atoms with Gasteiger partial charge in [0.05, 0.1) is 18.2 Å². The summed E-state index contributed by atoms with van der Waals surface area (Å²) in [6.45, 7) is 2.72. The van der Waals surface area contributed by atoms with Gasteiger partial charge in [0.25, 0.3) is 5.91 Å². The normalized spacial score (nSPS) is 12.4. The third kappa shape index (κ3) is 6.32. The van der Waals surface area contributed by atoms with Gasteiger partial charge in [-0.3, -0.25) is 4.79 Å². The van der Waals surface area contributed by atoms with Crippen LogP contribution in [0.5, 0.6) is 11.6 Å². The summed E-state index contributed by atoms with van der Waals surface area (Å²) in [5, 5.41) is 2.59. The van der Waals surface area contributed by atoms with Crippen LogP contribution in [0.1, 0.15) is 35.8 Å². The van der Waals surface area contributed by atoms with Crippen LogP contribution in [-0.2, 0) is 0 Å². The Hall–Kier alpha value is -2.48. The summed E-state index contributed by atoms with van der Waals surface area (Å²) in [6, 6.07) is 8.15. The lowest BCUT2D eigenvalue weighted by Crippen LogP contribution is -2.27. The first kappa shape index (κ1) is 20.8. The lowest BCUT2D eigenvalue weighted by molar-refractivity contribution is -0.154. The molecule has 0 fully saturated rings. The van der Waals surface area contributed by atoms with Gasteiger partial charge in [0, 0.05) is 6.20 Å². The minimum atomic E-state index is -4.51. The van der Waals surface area contributed by atoms with Gasteiger partial charge in [-0.05, 0) is 37.6 Å². The maximum atomic E-state index is 12.3. The van der Waals surface area contributed by atoms with Crippen molar-refractivity contribution in [2.45, 2.75) is 26.1 Å². The second-order valence-corrected chi connectivity index (χ2v) is 6.02. The molecule has 0 saturated heterocycles. The number of hydrogen-bond donors (Lipinski definition) is 1. The monoisotopic (exact) mass is 402 g/mol. The van der Waals surface area contributed by atoms with Crippen LogP contribution in [0, 0.1) is 0 Å². The highest BCUT2D eigenvalue weighted by molar-refractivity contribution is 6.32. The molecular weight excluding hydrogens is 385 g/mol. The zero-order valence-electron chi connectivity index (χ0n) is 14.6. The number of nitrogens with zero attached hydrogens (tertiary/aromatic N) is 1. The first-order chi connectivity index (χ1) is 12.7. The van der Waals surface area contributed by atoms with Crippen molar-refractivity contribution in [1.29, 1.82) is 0 Å². The number of halogens is 4. The number of amides is 1. The van der Waals surface area contributed by atoms with Crippen LogP contribution < -0.4 is 14.8 Å². The van der Waals surface area contributed by atoms with Gasteiger partial charge in [0.15, 0.2) is 6.61 Å². The van der Waals surface area contributed by atoms with E-state index in [0.29, 0.717) is 6.61 Å². The van der Waals surface area contributed by atoms with E-state index >= 15 is 0 Å².